The van der Waals surface area contributed by atoms with Crippen molar-refractivity contribution >= 4 is 35.6 Å². The van der Waals surface area contributed by atoms with Crippen LogP contribution in [0.2, 0.25) is 0 Å². The molecule has 0 saturated heterocycles. The molecule has 1 aliphatic heterocycles. The Hall–Kier alpha value is -2.01. The number of carbonyl (C=O) groups is 1. The van der Waals surface area contributed by atoms with Crippen molar-refractivity contribution in [1.82, 2.24) is 5.43 Å². The number of halogens is 1. The number of benzene rings is 1. The molecule has 5 nitrogen and oxygen atoms in total. The van der Waals surface area contributed by atoms with Gasteiger partial charge in [-0.1, -0.05) is 38.1 Å². The van der Waals surface area contributed by atoms with Gasteiger partial charge >= 0.3 is 0 Å². The van der Waals surface area contributed by atoms with Gasteiger partial charge in [-0.2, -0.15) is 15.3 Å². The summed E-state index contributed by atoms with van der Waals surface area (Å²) in [7, 11) is 0. The maximum atomic E-state index is 11.2. The van der Waals surface area contributed by atoms with E-state index < -0.39 is 11.3 Å². The molecule has 1 aromatic carbocycles. The Morgan fingerprint density at radius 1 is 1.35 bits per heavy atom. The Morgan fingerprint density at radius 3 is 2.70 bits per heavy atom. The molecule has 0 spiro atoms. The van der Waals surface area contributed by atoms with E-state index in [1.807, 2.05) is 12.1 Å². The van der Waals surface area contributed by atoms with Crippen molar-refractivity contribution in [3.8, 4) is 0 Å². The van der Waals surface area contributed by atoms with E-state index in [0.717, 1.165) is 5.56 Å². The summed E-state index contributed by atoms with van der Waals surface area (Å²) in [6.45, 7) is 4.28. The first-order chi connectivity index (χ1) is 9.58. The van der Waals surface area contributed by atoms with Gasteiger partial charge in [-0.05, 0) is 17.0 Å². The molecule has 1 aromatic rings. The zero-order valence-corrected chi connectivity index (χ0v) is 12.0. The number of alkyl halides is 1. The number of hydrogen-bond donors (Lipinski definition) is 1. The molecule has 2 rings (SSSR count). The summed E-state index contributed by atoms with van der Waals surface area (Å²) in [5.41, 5.74) is 4.78. The van der Waals surface area contributed by atoms with Gasteiger partial charge in [0.15, 0.2) is 5.38 Å². The van der Waals surface area contributed by atoms with Gasteiger partial charge in [0.2, 0.25) is 0 Å². The lowest BCUT2D eigenvalue weighted by molar-refractivity contribution is -0.119. The van der Waals surface area contributed by atoms with Crippen LogP contribution < -0.4 is 5.43 Å². The van der Waals surface area contributed by atoms with Crippen molar-refractivity contribution in [3.05, 3.63) is 35.4 Å². The molecular weight excluding hydrogens is 276 g/mol. The number of carbonyl (C=O) groups excluding carboxylic acids is 1. The second-order valence-electron chi connectivity index (χ2n) is 4.69. The molecule has 0 fully saturated rings. The monoisotopic (exact) mass is 290 g/mol. The largest absolute Gasteiger partial charge is 0.271 e. The number of hydrazone groups is 1. The summed E-state index contributed by atoms with van der Waals surface area (Å²) < 4.78 is 0. The number of hydrogen-bond acceptors (Lipinski definition) is 4. The lowest BCUT2D eigenvalue weighted by Crippen LogP contribution is -2.38. The lowest BCUT2D eigenvalue weighted by atomic mass is 10.0. The molecular formula is C14H15ClN4O. The van der Waals surface area contributed by atoms with Crippen molar-refractivity contribution < 1.29 is 4.79 Å². The van der Waals surface area contributed by atoms with E-state index in [4.69, 9.17) is 11.6 Å². The average molecular weight is 291 g/mol. The molecule has 1 atom stereocenters. The van der Waals surface area contributed by atoms with Crippen molar-refractivity contribution in [2.75, 3.05) is 0 Å². The van der Waals surface area contributed by atoms with E-state index in [2.05, 4.69) is 46.7 Å². The quantitative estimate of drug-likeness (QED) is 0.518. The first-order valence-corrected chi connectivity index (χ1v) is 6.69. The maximum absolute atomic E-state index is 11.2. The van der Waals surface area contributed by atoms with E-state index in [-0.39, 0.29) is 0 Å². The van der Waals surface area contributed by atoms with Crippen LogP contribution in [0.5, 0.6) is 0 Å². The topological polar surface area (TPSA) is 66.2 Å². The molecule has 104 valence electrons. The number of nitrogens with zero attached hydrogens (tertiary/aromatic N) is 3. The van der Waals surface area contributed by atoms with Crippen LogP contribution >= 0.6 is 11.6 Å². The minimum absolute atomic E-state index is 0.325. The van der Waals surface area contributed by atoms with Crippen LogP contribution in [0.25, 0.3) is 0 Å². The zero-order chi connectivity index (χ0) is 14.5. The van der Waals surface area contributed by atoms with Crippen molar-refractivity contribution in [2.24, 2.45) is 15.3 Å². The Morgan fingerprint density at radius 2 is 2.05 bits per heavy atom. The van der Waals surface area contributed by atoms with Crippen molar-refractivity contribution in [2.45, 2.75) is 25.1 Å². The van der Waals surface area contributed by atoms with E-state index >= 15 is 0 Å². The highest BCUT2D eigenvalue weighted by Crippen LogP contribution is 2.13. The van der Waals surface area contributed by atoms with Gasteiger partial charge in [0.25, 0.3) is 5.91 Å². The first-order valence-electron chi connectivity index (χ1n) is 6.26. The zero-order valence-electron chi connectivity index (χ0n) is 11.2. The summed E-state index contributed by atoms with van der Waals surface area (Å²) in [5, 5.41) is 10.6. The molecule has 1 heterocycles. The van der Waals surface area contributed by atoms with Gasteiger partial charge in [0.1, 0.15) is 5.71 Å². The summed E-state index contributed by atoms with van der Waals surface area (Å²) in [4.78, 5) is 11.2. The molecule has 0 saturated carbocycles. The Kier molecular flexibility index (Phi) is 4.63. The highest BCUT2D eigenvalue weighted by atomic mass is 35.5. The third kappa shape index (κ3) is 3.51. The summed E-state index contributed by atoms with van der Waals surface area (Å²) in [6.07, 6.45) is 3.00. The Balaban J connectivity index is 2.08. The van der Waals surface area contributed by atoms with Gasteiger partial charge in [0, 0.05) is 0 Å². The van der Waals surface area contributed by atoms with E-state index in [1.165, 1.54) is 11.8 Å². The predicted octanol–water partition coefficient (Wildman–Crippen LogP) is 2.31. The molecule has 1 aliphatic rings. The Labute approximate surface area is 122 Å². The van der Waals surface area contributed by atoms with E-state index in [1.54, 1.807) is 6.21 Å². The van der Waals surface area contributed by atoms with Crippen molar-refractivity contribution in [3.63, 3.8) is 0 Å². The van der Waals surface area contributed by atoms with Crippen molar-refractivity contribution in [1.29, 1.82) is 0 Å². The molecule has 0 aromatic heterocycles. The summed E-state index contributed by atoms with van der Waals surface area (Å²) in [6, 6.07) is 8.05. The molecule has 1 amide bonds. The van der Waals surface area contributed by atoms with Gasteiger partial charge in [-0.15, -0.1) is 11.6 Å². The molecule has 1 unspecified atom stereocenters. The summed E-state index contributed by atoms with van der Waals surface area (Å²) >= 11 is 5.86. The minimum atomic E-state index is -0.854. The van der Waals surface area contributed by atoms with Crippen LogP contribution in [0.3, 0.4) is 0 Å². The van der Waals surface area contributed by atoms with Crippen LogP contribution in [0.1, 0.15) is 30.9 Å². The molecule has 20 heavy (non-hydrogen) atoms. The Bertz CT molecular complexity index is 575. The minimum Gasteiger partial charge on any atom is -0.271 e. The molecule has 6 heteroatoms. The lowest BCUT2D eigenvalue weighted by Gasteiger charge is -2.10. The summed E-state index contributed by atoms with van der Waals surface area (Å²) in [5.74, 6) is 0.0969. The average Bonchev–Trinajstić information content (AvgIpc) is 2.44. The van der Waals surface area contributed by atoms with Crippen LogP contribution in [-0.2, 0) is 4.79 Å². The molecule has 0 radical (unpaired) electrons. The molecule has 1 N–H and O–H groups in total. The molecule has 0 aliphatic carbocycles. The van der Waals surface area contributed by atoms with Gasteiger partial charge in [-0.3, -0.25) is 4.79 Å². The van der Waals surface area contributed by atoms with Gasteiger partial charge < -0.3 is 0 Å². The normalized spacial score (nSPS) is 20.9. The number of nitrogens with one attached hydrogen (secondary N) is 1. The second-order valence-corrected chi connectivity index (χ2v) is 5.12. The number of amides is 1. The fraction of sp³-hybridized carbons (Fsp3) is 0.286. The predicted molar refractivity (Wildman–Crippen MR) is 81.8 cm³/mol. The van der Waals surface area contributed by atoms with Crippen LogP contribution in [-0.4, -0.2) is 29.4 Å². The first kappa shape index (κ1) is 14.4. The third-order valence-corrected chi connectivity index (χ3v) is 3.27. The highest BCUT2D eigenvalue weighted by Gasteiger charge is 2.23. The van der Waals surface area contributed by atoms with Crippen LogP contribution in [0.15, 0.2) is 39.6 Å². The third-order valence-electron chi connectivity index (χ3n) is 2.84. The highest BCUT2D eigenvalue weighted by molar-refractivity contribution is 6.54. The van der Waals surface area contributed by atoms with Crippen LogP contribution in [0.4, 0.5) is 0 Å². The van der Waals surface area contributed by atoms with Crippen LogP contribution in [0, 0.1) is 0 Å². The van der Waals surface area contributed by atoms with Gasteiger partial charge in [0.05, 0.1) is 12.4 Å². The number of rotatable bonds is 3. The standard InChI is InChI=1S/C14H15ClN4O/c1-9(2)11-5-3-10(4-6-11)7-16-18-12-8-17-19-14(20)13(12)15/h3-9,13H,1-2H3,(H,19,20)/b16-7-,18-12-. The SMILES string of the molecule is CC(C)c1ccc(/C=N\N=C2\C=NNC(=O)C2Cl)cc1. The maximum Gasteiger partial charge on any atom is 0.264 e. The van der Waals surface area contributed by atoms with E-state index in [0.29, 0.717) is 11.6 Å². The fourth-order valence-electron chi connectivity index (χ4n) is 1.62. The van der Waals surface area contributed by atoms with E-state index in [9.17, 15) is 4.79 Å². The second kappa shape index (κ2) is 6.43. The fourth-order valence-corrected chi connectivity index (χ4v) is 1.77. The smallest absolute Gasteiger partial charge is 0.264 e. The molecule has 0 bridgehead atoms. The van der Waals surface area contributed by atoms with Gasteiger partial charge in [-0.25, -0.2) is 5.43 Å².